The van der Waals surface area contributed by atoms with E-state index in [1.807, 2.05) is 0 Å². The van der Waals surface area contributed by atoms with E-state index in [1.165, 1.54) is 6.42 Å². The minimum atomic E-state index is 0.551. The second-order valence-electron chi connectivity index (χ2n) is 3.16. The van der Waals surface area contributed by atoms with Gasteiger partial charge in [-0.25, -0.2) is 0 Å². The van der Waals surface area contributed by atoms with Gasteiger partial charge in [-0.1, -0.05) is 52.4 Å². The van der Waals surface area contributed by atoms with Crippen LogP contribution >= 0.6 is 15.9 Å². The van der Waals surface area contributed by atoms with Crippen molar-refractivity contribution in [1.82, 2.24) is 0 Å². The van der Waals surface area contributed by atoms with Gasteiger partial charge in [0, 0.05) is 4.83 Å². The maximum absolute atomic E-state index is 3.65. The van der Waals surface area contributed by atoms with Crippen LogP contribution in [0, 0.1) is 11.8 Å². The lowest BCUT2D eigenvalue weighted by Gasteiger charge is -2.23. The largest absolute Gasteiger partial charge is 0.0839 e. The third-order valence-corrected chi connectivity index (χ3v) is 3.31. The molecule has 0 radical (unpaired) electrons. The van der Waals surface area contributed by atoms with Gasteiger partial charge >= 0.3 is 0 Å². The first kappa shape index (κ1) is 7.35. The van der Waals surface area contributed by atoms with Crippen LogP contribution in [0.25, 0.3) is 0 Å². The number of alkyl halides is 1. The van der Waals surface area contributed by atoms with Gasteiger partial charge in [-0.2, -0.15) is 0 Å². The lowest BCUT2D eigenvalue weighted by Crippen LogP contribution is -2.16. The van der Waals surface area contributed by atoms with E-state index in [9.17, 15) is 0 Å². The molecule has 2 unspecified atom stereocenters. The minimum absolute atomic E-state index is 0.551. The molecule has 0 amide bonds. The molecule has 1 heteroatoms. The molecule has 58 valence electrons. The van der Waals surface area contributed by atoms with Crippen LogP contribution in [0.15, 0.2) is 36.5 Å². The molecule has 0 aromatic rings. The maximum Gasteiger partial charge on any atom is 0.0388 e. The van der Waals surface area contributed by atoms with Crippen LogP contribution in [-0.4, -0.2) is 4.83 Å². The number of rotatable bonds is 0. The number of fused-ring (bicyclic) bond motifs is 2. The second-order valence-corrected chi connectivity index (χ2v) is 4.22. The summed E-state index contributed by atoms with van der Waals surface area (Å²) in [6, 6.07) is 0. The highest BCUT2D eigenvalue weighted by atomic mass is 79.9. The average molecular weight is 211 g/mol. The molecule has 3 atom stereocenters. The Hall–Kier alpha value is -0.300. The standard InChI is InChI=1S/C10H11Br/c11-10-6-5-8-3-1-2-4-9(10)7-8/h1-6,8-10H,7H2/t8?,9?,10-/m1/s1. The maximum atomic E-state index is 3.65. The van der Waals surface area contributed by atoms with E-state index >= 15 is 0 Å². The van der Waals surface area contributed by atoms with E-state index in [0.29, 0.717) is 16.7 Å². The number of halogens is 1. The van der Waals surface area contributed by atoms with Crippen molar-refractivity contribution in [2.24, 2.45) is 11.8 Å². The summed E-state index contributed by atoms with van der Waals surface area (Å²) in [5, 5.41) is 0. The predicted octanol–water partition coefficient (Wildman–Crippen LogP) is 3.07. The van der Waals surface area contributed by atoms with Gasteiger partial charge in [0.2, 0.25) is 0 Å². The highest BCUT2D eigenvalue weighted by Crippen LogP contribution is 2.31. The van der Waals surface area contributed by atoms with Gasteiger partial charge in [0.1, 0.15) is 0 Å². The molecular weight excluding hydrogens is 200 g/mol. The van der Waals surface area contributed by atoms with Crippen molar-refractivity contribution < 1.29 is 0 Å². The minimum Gasteiger partial charge on any atom is -0.0839 e. The highest BCUT2D eigenvalue weighted by Gasteiger charge is 2.21. The molecule has 0 saturated heterocycles. The Kier molecular flexibility index (Phi) is 1.99. The first-order valence-corrected chi connectivity index (χ1v) is 4.95. The zero-order valence-corrected chi connectivity index (χ0v) is 7.87. The van der Waals surface area contributed by atoms with Crippen LogP contribution < -0.4 is 0 Å². The molecule has 0 aromatic heterocycles. The van der Waals surface area contributed by atoms with Crippen LogP contribution in [-0.2, 0) is 0 Å². The van der Waals surface area contributed by atoms with Crippen molar-refractivity contribution in [2.45, 2.75) is 11.2 Å². The fraction of sp³-hybridized carbons (Fsp3) is 0.400. The Balaban J connectivity index is 2.27. The van der Waals surface area contributed by atoms with Gasteiger partial charge in [-0.3, -0.25) is 0 Å². The van der Waals surface area contributed by atoms with Crippen LogP contribution in [0.3, 0.4) is 0 Å². The third-order valence-electron chi connectivity index (χ3n) is 2.32. The Morgan fingerprint density at radius 1 is 1.00 bits per heavy atom. The van der Waals surface area contributed by atoms with E-state index in [1.54, 1.807) is 0 Å². The van der Waals surface area contributed by atoms with Crippen LogP contribution in [0.1, 0.15) is 6.42 Å². The van der Waals surface area contributed by atoms with Crippen molar-refractivity contribution in [3.63, 3.8) is 0 Å². The van der Waals surface area contributed by atoms with Crippen LogP contribution in [0.2, 0.25) is 0 Å². The van der Waals surface area contributed by atoms with E-state index in [0.717, 1.165) is 0 Å². The quantitative estimate of drug-likeness (QED) is 0.426. The van der Waals surface area contributed by atoms with Gasteiger partial charge < -0.3 is 0 Å². The topological polar surface area (TPSA) is 0 Å². The van der Waals surface area contributed by atoms with Crippen molar-refractivity contribution in [2.75, 3.05) is 0 Å². The van der Waals surface area contributed by atoms with E-state index in [-0.39, 0.29) is 0 Å². The lowest BCUT2D eigenvalue weighted by atomic mass is 9.88. The van der Waals surface area contributed by atoms with E-state index in [2.05, 4.69) is 52.4 Å². The molecule has 0 fully saturated rings. The van der Waals surface area contributed by atoms with Crippen molar-refractivity contribution in [3.05, 3.63) is 36.5 Å². The first-order valence-electron chi connectivity index (χ1n) is 4.03. The monoisotopic (exact) mass is 210 g/mol. The molecule has 0 spiro atoms. The summed E-state index contributed by atoms with van der Waals surface area (Å²) < 4.78 is 0. The normalized spacial score (nSPS) is 40.6. The summed E-state index contributed by atoms with van der Waals surface area (Å²) in [7, 11) is 0. The molecule has 0 saturated carbocycles. The second kappa shape index (κ2) is 2.98. The number of hydrogen-bond acceptors (Lipinski definition) is 0. The summed E-state index contributed by atoms with van der Waals surface area (Å²) in [4.78, 5) is 0.551. The highest BCUT2D eigenvalue weighted by molar-refractivity contribution is 9.09. The first-order chi connectivity index (χ1) is 5.36. The summed E-state index contributed by atoms with van der Waals surface area (Å²) in [6.07, 6.45) is 14.7. The molecule has 2 aliphatic carbocycles. The summed E-state index contributed by atoms with van der Waals surface area (Å²) in [5.74, 6) is 1.36. The Bertz CT molecular complexity index is 225. The van der Waals surface area contributed by atoms with Gasteiger partial charge in [-0.15, -0.1) is 0 Å². The molecule has 0 nitrogen and oxygen atoms in total. The molecule has 0 aromatic carbocycles. The fourth-order valence-electron chi connectivity index (χ4n) is 1.66. The smallest absolute Gasteiger partial charge is 0.0388 e. The SMILES string of the molecule is Br[C@@H]1C=CC2C=CC=CC1C2. The van der Waals surface area contributed by atoms with Gasteiger partial charge in [0.15, 0.2) is 0 Å². The fourth-order valence-corrected chi connectivity index (χ4v) is 2.22. The van der Waals surface area contributed by atoms with Crippen LogP contribution in [0.4, 0.5) is 0 Å². The molecule has 2 rings (SSSR count). The Morgan fingerprint density at radius 2 is 1.82 bits per heavy atom. The lowest BCUT2D eigenvalue weighted by molar-refractivity contribution is 0.536. The van der Waals surface area contributed by atoms with Gasteiger partial charge in [0.05, 0.1) is 0 Å². The number of allylic oxidation sites excluding steroid dienone is 6. The van der Waals surface area contributed by atoms with E-state index in [4.69, 9.17) is 0 Å². The molecule has 0 aliphatic heterocycles. The Morgan fingerprint density at radius 3 is 2.73 bits per heavy atom. The van der Waals surface area contributed by atoms with E-state index < -0.39 is 0 Å². The average Bonchev–Trinajstić information content (AvgIpc) is 2.21. The molecule has 0 heterocycles. The molecule has 0 N–H and O–H groups in total. The summed E-state index contributed by atoms with van der Waals surface area (Å²) in [5.41, 5.74) is 0. The van der Waals surface area contributed by atoms with Crippen molar-refractivity contribution in [3.8, 4) is 0 Å². The van der Waals surface area contributed by atoms with Gasteiger partial charge in [0.25, 0.3) is 0 Å². The zero-order valence-electron chi connectivity index (χ0n) is 6.28. The molecule has 2 aliphatic rings. The molecule has 2 bridgehead atoms. The summed E-state index contributed by atoms with van der Waals surface area (Å²) in [6.45, 7) is 0. The van der Waals surface area contributed by atoms with Crippen molar-refractivity contribution in [1.29, 1.82) is 0 Å². The third kappa shape index (κ3) is 1.48. The molecule has 11 heavy (non-hydrogen) atoms. The van der Waals surface area contributed by atoms with Crippen LogP contribution in [0.5, 0.6) is 0 Å². The zero-order chi connectivity index (χ0) is 7.68. The predicted molar refractivity (Wildman–Crippen MR) is 51.7 cm³/mol. The number of hydrogen-bond donors (Lipinski definition) is 0. The van der Waals surface area contributed by atoms with Crippen molar-refractivity contribution >= 4 is 15.9 Å². The Labute approximate surface area is 75.8 Å². The molecular formula is C10H11Br. The summed E-state index contributed by atoms with van der Waals surface area (Å²) >= 11 is 3.65. The van der Waals surface area contributed by atoms with Gasteiger partial charge in [-0.05, 0) is 18.3 Å².